The first kappa shape index (κ1) is 18.5. The van der Waals surface area contributed by atoms with Gasteiger partial charge in [0.15, 0.2) is 6.54 Å². The summed E-state index contributed by atoms with van der Waals surface area (Å²) in [6.07, 6.45) is 2.43. The second-order valence-electron chi connectivity index (χ2n) is 7.10. The Kier molecular flexibility index (Phi) is 6.79. The van der Waals surface area contributed by atoms with E-state index in [1.807, 2.05) is 0 Å². The molecule has 1 aromatic rings. The summed E-state index contributed by atoms with van der Waals surface area (Å²) in [4.78, 5) is 24.4. The summed E-state index contributed by atoms with van der Waals surface area (Å²) in [5.41, 5.74) is 7.92. The molecule has 5 nitrogen and oxygen atoms in total. The van der Waals surface area contributed by atoms with Gasteiger partial charge in [-0.3, -0.25) is 9.59 Å². The zero-order valence-corrected chi connectivity index (χ0v) is 14.8. The van der Waals surface area contributed by atoms with Gasteiger partial charge in [-0.1, -0.05) is 38.1 Å². The molecule has 24 heavy (non-hydrogen) atoms. The van der Waals surface area contributed by atoms with Crippen LogP contribution in [0.2, 0.25) is 0 Å². The Bertz CT molecular complexity index is 546. The lowest BCUT2D eigenvalue weighted by molar-refractivity contribution is -0.897. The Balaban J connectivity index is 1.66. The van der Waals surface area contributed by atoms with Crippen LogP contribution >= 0.6 is 0 Å². The predicted octanol–water partition coefficient (Wildman–Crippen LogP) is 0.249. The van der Waals surface area contributed by atoms with E-state index in [1.54, 1.807) is 0 Å². The van der Waals surface area contributed by atoms with Crippen LogP contribution in [0, 0.1) is 5.92 Å². The molecule has 0 aliphatic carbocycles. The quantitative estimate of drug-likeness (QED) is 0.669. The van der Waals surface area contributed by atoms with Crippen molar-refractivity contribution in [2.75, 3.05) is 26.2 Å². The normalized spacial score (nSPS) is 20.8. The molecular formula is C19H30N3O2+. The van der Waals surface area contributed by atoms with Crippen LogP contribution in [0.5, 0.6) is 0 Å². The van der Waals surface area contributed by atoms with Crippen LogP contribution in [0.4, 0.5) is 0 Å². The maximum Gasteiger partial charge on any atom is 0.275 e. The van der Waals surface area contributed by atoms with Gasteiger partial charge in [0.05, 0.1) is 13.1 Å². The second kappa shape index (κ2) is 8.83. The van der Waals surface area contributed by atoms with Gasteiger partial charge in [0.1, 0.15) is 0 Å². The maximum absolute atomic E-state index is 12.0. The Morgan fingerprint density at radius 2 is 1.83 bits per heavy atom. The fourth-order valence-corrected chi connectivity index (χ4v) is 3.19. The van der Waals surface area contributed by atoms with Crippen molar-refractivity contribution in [3.63, 3.8) is 0 Å². The van der Waals surface area contributed by atoms with Crippen LogP contribution in [0.15, 0.2) is 24.3 Å². The third-order valence-electron chi connectivity index (χ3n) is 4.89. The van der Waals surface area contributed by atoms with E-state index >= 15 is 0 Å². The Labute approximate surface area is 144 Å². The minimum atomic E-state index is -0.206. The standard InChI is InChI=1S/C19H29N3O2/c1-14(2)16-5-3-15(4-6-16)7-10-21-18(23)13-22-11-8-17(9-12-22)19(20)24/h3-6,14,17H,7-13H2,1-2H3,(H2,20,24)(H,21,23)/p+1. The molecule has 132 valence electrons. The molecule has 0 saturated carbocycles. The van der Waals surface area contributed by atoms with Crippen LogP contribution in [0.25, 0.3) is 0 Å². The molecule has 4 N–H and O–H groups in total. The van der Waals surface area contributed by atoms with Crippen molar-refractivity contribution in [3.05, 3.63) is 35.4 Å². The van der Waals surface area contributed by atoms with Gasteiger partial charge in [0, 0.05) is 25.3 Å². The Morgan fingerprint density at radius 3 is 2.38 bits per heavy atom. The van der Waals surface area contributed by atoms with Gasteiger partial charge in [0.25, 0.3) is 5.91 Å². The number of amides is 2. The number of hydrogen-bond donors (Lipinski definition) is 3. The van der Waals surface area contributed by atoms with Gasteiger partial charge in [-0.05, 0) is 23.5 Å². The van der Waals surface area contributed by atoms with Crippen LogP contribution in [-0.2, 0) is 16.0 Å². The SMILES string of the molecule is CC(C)c1ccc(CCNC(=O)C[NH+]2CCC(C(N)=O)CC2)cc1. The maximum atomic E-state index is 12.0. The number of piperidine rings is 1. The third kappa shape index (κ3) is 5.64. The number of rotatable bonds is 7. The fraction of sp³-hybridized carbons (Fsp3) is 0.579. The number of nitrogens with two attached hydrogens (primary N) is 1. The van der Waals surface area contributed by atoms with Crippen LogP contribution in [0.1, 0.15) is 43.7 Å². The Morgan fingerprint density at radius 1 is 1.21 bits per heavy atom. The van der Waals surface area contributed by atoms with Crippen LogP contribution < -0.4 is 16.0 Å². The summed E-state index contributed by atoms with van der Waals surface area (Å²) in [6.45, 7) is 7.21. The summed E-state index contributed by atoms with van der Waals surface area (Å²) in [7, 11) is 0. The average molecular weight is 332 g/mol. The van der Waals surface area contributed by atoms with Crippen molar-refractivity contribution in [2.24, 2.45) is 11.7 Å². The highest BCUT2D eigenvalue weighted by Crippen LogP contribution is 2.14. The van der Waals surface area contributed by atoms with Crippen molar-refractivity contribution in [1.82, 2.24) is 5.32 Å². The molecule has 5 heteroatoms. The van der Waals surface area contributed by atoms with E-state index in [4.69, 9.17) is 5.73 Å². The first-order valence-electron chi connectivity index (χ1n) is 8.94. The summed E-state index contributed by atoms with van der Waals surface area (Å²) in [5, 5.41) is 3.00. The van der Waals surface area contributed by atoms with Crippen molar-refractivity contribution in [3.8, 4) is 0 Å². The number of benzene rings is 1. The third-order valence-corrected chi connectivity index (χ3v) is 4.89. The molecule has 1 saturated heterocycles. The molecule has 1 heterocycles. The predicted molar refractivity (Wildman–Crippen MR) is 94.7 cm³/mol. The molecule has 0 radical (unpaired) electrons. The van der Waals surface area contributed by atoms with Crippen molar-refractivity contribution < 1.29 is 14.5 Å². The molecule has 1 aliphatic heterocycles. The highest BCUT2D eigenvalue weighted by molar-refractivity contribution is 5.77. The number of carbonyl (C=O) groups excluding carboxylic acids is 2. The number of hydrogen-bond acceptors (Lipinski definition) is 2. The van der Waals surface area contributed by atoms with Gasteiger partial charge in [0.2, 0.25) is 5.91 Å². The van der Waals surface area contributed by atoms with Gasteiger partial charge >= 0.3 is 0 Å². The largest absolute Gasteiger partial charge is 0.369 e. The highest BCUT2D eigenvalue weighted by atomic mass is 16.2. The number of likely N-dealkylation sites (tertiary alicyclic amines) is 1. The minimum absolute atomic E-state index is 0.00868. The lowest BCUT2D eigenvalue weighted by Gasteiger charge is -2.27. The second-order valence-corrected chi connectivity index (χ2v) is 7.10. The average Bonchev–Trinajstić information content (AvgIpc) is 2.55. The molecule has 0 bridgehead atoms. The smallest absolute Gasteiger partial charge is 0.275 e. The number of quaternary nitrogens is 1. The van der Waals surface area contributed by atoms with Crippen molar-refractivity contribution >= 4 is 11.8 Å². The van der Waals surface area contributed by atoms with E-state index < -0.39 is 0 Å². The summed E-state index contributed by atoms with van der Waals surface area (Å²) < 4.78 is 0. The van der Waals surface area contributed by atoms with Crippen LogP contribution in [0.3, 0.4) is 0 Å². The summed E-state index contributed by atoms with van der Waals surface area (Å²) in [5.74, 6) is 0.411. The number of nitrogens with one attached hydrogen (secondary N) is 2. The molecule has 1 aliphatic rings. The summed E-state index contributed by atoms with van der Waals surface area (Å²) >= 11 is 0. The van der Waals surface area contributed by atoms with E-state index in [2.05, 4.69) is 43.4 Å². The van der Waals surface area contributed by atoms with Crippen molar-refractivity contribution in [1.29, 1.82) is 0 Å². The Hall–Kier alpha value is -1.88. The molecule has 0 spiro atoms. The molecule has 1 fully saturated rings. The van der Waals surface area contributed by atoms with E-state index in [0.29, 0.717) is 19.0 Å². The molecule has 1 aromatic carbocycles. The van der Waals surface area contributed by atoms with Gasteiger partial charge in [-0.25, -0.2) is 0 Å². The lowest BCUT2D eigenvalue weighted by atomic mass is 9.96. The number of carbonyl (C=O) groups is 2. The van der Waals surface area contributed by atoms with Gasteiger partial charge in [-0.2, -0.15) is 0 Å². The molecule has 0 aromatic heterocycles. The highest BCUT2D eigenvalue weighted by Gasteiger charge is 2.26. The number of primary amides is 1. The van der Waals surface area contributed by atoms with Gasteiger partial charge < -0.3 is 16.0 Å². The zero-order chi connectivity index (χ0) is 17.5. The van der Waals surface area contributed by atoms with Crippen molar-refractivity contribution in [2.45, 2.75) is 39.0 Å². The van der Waals surface area contributed by atoms with E-state index in [-0.39, 0.29) is 17.7 Å². The van der Waals surface area contributed by atoms with Gasteiger partial charge in [-0.15, -0.1) is 0 Å². The molecular weight excluding hydrogens is 302 g/mol. The summed E-state index contributed by atoms with van der Waals surface area (Å²) in [6, 6.07) is 8.60. The van der Waals surface area contributed by atoms with Crippen LogP contribution in [-0.4, -0.2) is 38.0 Å². The fourth-order valence-electron chi connectivity index (χ4n) is 3.19. The van der Waals surface area contributed by atoms with E-state index in [9.17, 15) is 9.59 Å². The monoisotopic (exact) mass is 332 g/mol. The minimum Gasteiger partial charge on any atom is -0.369 e. The van der Waals surface area contributed by atoms with E-state index in [1.165, 1.54) is 16.0 Å². The molecule has 2 rings (SSSR count). The first-order chi connectivity index (χ1) is 11.5. The molecule has 0 atom stereocenters. The first-order valence-corrected chi connectivity index (χ1v) is 8.94. The molecule has 0 unspecified atom stereocenters. The topological polar surface area (TPSA) is 76.6 Å². The lowest BCUT2D eigenvalue weighted by Crippen LogP contribution is -3.14. The van der Waals surface area contributed by atoms with E-state index in [0.717, 1.165) is 32.4 Å². The zero-order valence-electron chi connectivity index (χ0n) is 14.8. The molecule has 2 amide bonds.